The van der Waals surface area contributed by atoms with E-state index >= 15 is 0 Å². The lowest BCUT2D eigenvalue weighted by molar-refractivity contribution is 0.0939. The topological polar surface area (TPSA) is 59.8 Å². The summed E-state index contributed by atoms with van der Waals surface area (Å²) in [5.74, 6) is -0.176. The third kappa shape index (κ3) is 4.15. The van der Waals surface area contributed by atoms with Gasteiger partial charge < -0.3 is 5.32 Å². The molecule has 1 N–H and O–H groups in total. The molecule has 2 aromatic heterocycles. The Morgan fingerprint density at radius 1 is 1.00 bits per heavy atom. The van der Waals surface area contributed by atoms with Crippen molar-refractivity contribution < 1.29 is 4.79 Å². The zero-order valence-corrected chi connectivity index (χ0v) is 17.1. The molecule has 2 aromatic carbocycles. The van der Waals surface area contributed by atoms with Crippen LogP contribution in [0, 0.1) is 0 Å². The van der Waals surface area contributed by atoms with E-state index in [4.69, 9.17) is 5.10 Å². The molecule has 0 aliphatic rings. The fourth-order valence-electron chi connectivity index (χ4n) is 3.35. The van der Waals surface area contributed by atoms with Crippen LogP contribution in [0.1, 0.15) is 41.5 Å². The minimum Gasteiger partial charge on any atom is -0.344 e. The van der Waals surface area contributed by atoms with Crippen LogP contribution in [0.25, 0.3) is 16.9 Å². The summed E-state index contributed by atoms with van der Waals surface area (Å²) >= 11 is 0. The Bertz CT molecular complexity index is 1120. The van der Waals surface area contributed by atoms with Crippen molar-refractivity contribution >= 4 is 5.91 Å². The molecular formula is C25H24N4O. The van der Waals surface area contributed by atoms with Gasteiger partial charge in [-0.25, -0.2) is 4.68 Å². The Hall–Kier alpha value is -3.73. The quantitative estimate of drug-likeness (QED) is 0.500. The van der Waals surface area contributed by atoms with Crippen LogP contribution in [-0.2, 0) is 6.42 Å². The van der Waals surface area contributed by atoms with Gasteiger partial charge in [-0.1, -0.05) is 55.5 Å². The first-order chi connectivity index (χ1) is 14.7. The van der Waals surface area contributed by atoms with E-state index in [1.165, 1.54) is 5.56 Å². The van der Waals surface area contributed by atoms with Crippen molar-refractivity contribution in [2.24, 2.45) is 0 Å². The second-order valence-electron chi connectivity index (χ2n) is 7.17. The highest BCUT2D eigenvalue weighted by Crippen LogP contribution is 2.25. The van der Waals surface area contributed by atoms with E-state index in [0.717, 1.165) is 23.4 Å². The summed E-state index contributed by atoms with van der Waals surface area (Å²) in [7, 11) is 0. The van der Waals surface area contributed by atoms with E-state index in [9.17, 15) is 4.79 Å². The largest absolute Gasteiger partial charge is 0.344 e. The summed E-state index contributed by atoms with van der Waals surface area (Å²) in [5, 5.41) is 7.80. The Labute approximate surface area is 176 Å². The molecule has 5 nitrogen and oxygen atoms in total. The number of carbonyl (C=O) groups excluding carboxylic acids is 1. The average Bonchev–Trinajstić information content (AvgIpc) is 3.26. The van der Waals surface area contributed by atoms with Crippen molar-refractivity contribution in [3.05, 3.63) is 102 Å². The number of nitrogens with zero attached hydrogens (tertiary/aromatic N) is 3. The fourth-order valence-corrected chi connectivity index (χ4v) is 3.35. The van der Waals surface area contributed by atoms with E-state index < -0.39 is 0 Å². The third-order valence-corrected chi connectivity index (χ3v) is 5.09. The maximum atomic E-state index is 13.2. The molecule has 0 aliphatic heterocycles. The predicted molar refractivity (Wildman–Crippen MR) is 118 cm³/mol. The molecule has 1 amide bonds. The van der Waals surface area contributed by atoms with Gasteiger partial charge >= 0.3 is 0 Å². The normalized spacial score (nSPS) is 11.8. The molecule has 30 heavy (non-hydrogen) atoms. The molecule has 0 radical (unpaired) electrons. The fraction of sp³-hybridized carbons (Fsp3) is 0.160. The van der Waals surface area contributed by atoms with Gasteiger partial charge in [0, 0.05) is 18.0 Å². The number of para-hydroxylation sites is 1. The second-order valence-corrected chi connectivity index (χ2v) is 7.17. The van der Waals surface area contributed by atoms with Gasteiger partial charge in [-0.3, -0.25) is 9.78 Å². The molecule has 0 aliphatic carbocycles. The number of aryl methyl sites for hydroxylation is 1. The molecule has 1 unspecified atom stereocenters. The first-order valence-electron chi connectivity index (χ1n) is 10.1. The third-order valence-electron chi connectivity index (χ3n) is 5.09. The van der Waals surface area contributed by atoms with Gasteiger partial charge in [0.2, 0.25) is 0 Å². The Morgan fingerprint density at radius 2 is 1.73 bits per heavy atom. The number of benzene rings is 2. The maximum Gasteiger partial charge on any atom is 0.255 e. The molecule has 0 fully saturated rings. The molecule has 0 bridgehead atoms. The first kappa shape index (κ1) is 19.6. The first-order valence-corrected chi connectivity index (χ1v) is 10.1. The lowest BCUT2D eigenvalue weighted by Crippen LogP contribution is -2.27. The van der Waals surface area contributed by atoms with Gasteiger partial charge in [0.25, 0.3) is 5.91 Å². The van der Waals surface area contributed by atoms with E-state index in [2.05, 4.69) is 29.4 Å². The zero-order chi connectivity index (χ0) is 20.9. The van der Waals surface area contributed by atoms with Crippen LogP contribution < -0.4 is 5.32 Å². The number of nitrogens with one attached hydrogen (secondary N) is 1. The van der Waals surface area contributed by atoms with Crippen LogP contribution in [0.3, 0.4) is 0 Å². The van der Waals surface area contributed by atoms with Crippen molar-refractivity contribution in [3.8, 4) is 16.9 Å². The van der Waals surface area contributed by atoms with Gasteiger partial charge in [0.05, 0.1) is 23.0 Å². The molecule has 4 rings (SSSR count). The molecule has 5 heteroatoms. The highest BCUT2D eigenvalue weighted by Gasteiger charge is 2.21. The van der Waals surface area contributed by atoms with Crippen LogP contribution in [0.5, 0.6) is 0 Å². The van der Waals surface area contributed by atoms with Crippen molar-refractivity contribution in [1.29, 1.82) is 0 Å². The van der Waals surface area contributed by atoms with Gasteiger partial charge in [0.15, 0.2) is 0 Å². The van der Waals surface area contributed by atoms with Crippen LogP contribution >= 0.6 is 0 Å². The lowest BCUT2D eigenvalue weighted by atomic mass is 10.0. The van der Waals surface area contributed by atoms with E-state index in [1.54, 1.807) is 17.1 Å². The minimum atomic E-state index is -0.214. The van der Waals surface area contributed by atoms with E-state index in [0.29, 0.717) is 11.3 Å². The average molecular weight is 396 g/mol. The number of amides is 1. The number of pyridine rings is 1. The van der Waals surface area contributed by atoms with Crippen LogP contribution in [0.15, 0.2) is 85.2 Å². The summed E-state index contributed by atoms with van der Waals surface area (Å²) in [5.41, 5.74) is 5.07. The Kier molecular flexibility index (Phi) is 5.70. The van der Waals surface area contributed by atoms with Crippen molar-refractivity contribution in [2.45, 2.75) is 26.3 Å². The van der Waals surface area contributed by atoms with Gasteiger partial charge in [-0.15, -0.1) is 0 Å². The van der Waals surface area contributed by atoms with Crippen LogP contribution in [-0.4, -0.2) is 20.7 Å². The smallest absolute Gasteiger partial charge is 0.255 e. The monoisotopic (exact) mass is 396 g/mol. The molecule has 1 atom stereocenters. The lowest BCUT2D eigenvalue weighted by Gasteiger charge is -2.13. The zero-order valence-electron chi connectivity index (χ0n) is 17.1. The molecule has 2 heterocycles. The van der Waals surface area contributed by atoms with Crippen LogP contribution in [0.4, 0.5) is 0 Å². The summed E-state index contributed by atoms with van der Waals surface area (Å²) in [4.78, 5) is 17.5. The number of carbonyl (C=O) groups is 1. The second kappa shape index (κ2) is 8.74. The number of hydrogen-bond acceptors (Lipinski definition) is 3. The van der Waals surface area contributed by atoms with Gasteiger partial charge in [-0.2, -0.15) is 5.10 Å². The minimum absolute atomic E-state index is 0.176. The van der Waals surface area contributed by atoms with E-state index in [-0.39, 0.29) is 11.9 Å². The van der Waals surface area contributed by atoms with Crippen molar-refractivity contribution in [2.75, 3.05) is 0 Å². The standard InChI is InChI=1S/C25H24N4O/c1-3-19-12-14-20(15-13-19)24-22(17-29(28-24)21-9-5-4-6-10-21)25(30)27-18(2)23-11-7-8-16-26-23/h4-18H,3H2,1-2H3,(H,27,30). The van der Waals surface area contributed by atoms with E-state index in [1.807, 2.05) is 67.6 Å². The van der Waals surface area contributed by atoms with Crippen LogP contribution in [0.2, 0.25) is 0 Å². The molecule has 150 valence electrons. The molecule has 0 saturated heterocycles. The highest BCUT2D eigenvalue weighted by molar-refractivity contribution is 6.00. The molecule has 0 saturated carbocycles. The molecule has 4 aromatic rings. The summed E-state index contributed by atoms with van der Waals surface area (Å²) in [6, 6.07) is 23.5. The predicted octanol–water partition coefficient (Wildman–Crippen LogP) is 4.99. The summed E-state index contributed by atoms with van der Waals surface area (Å²) in [6.45, 7) is 4.05. The summed E-state index contributed by atoms with van der Waals surface area (Å²) < 4.78 is 1.75. The maximum absolute atomic E-state index is 13.2. The Morgan fingerprint density at radius 3 is 2.40 bits per heavy atom. The van der Waals surface area contributed by atoms with Crippen molar-refractivity contribution in [3.63, 3.8) is 0 Å². The van der Waals surface area contributed by atoms with Gasteiger partial charge in [0.1, 0.15) is 5.69 Å². The number of rotatable bonds is 6. The Balaban J connectivity index is 1.71. The number of aromatic nitrogens is 3. The SMILES string of the molecule is CCc1ccc(-c2nn(-c3ccccc3)cc2C(=O)NC(C)c2ccccn2)cc1. The molecule has 0 spiro atoms. The van der Waals surface area contributed by atoms with Gasteiger partial charge in [-0.05, 0) is 43.2 Å². The summed E-state index contributed by atoms with van der Waals surface area (Å²) in [6.07, 6.45) is 4.48. The number of hydrogen-bond donors (Lipinski definition) is 1. The highest BCUT2D eigenvalue weighted by atomic mass is 16.1. The molecular weight excluding hydrogens is 372 g/mol. The van der Waals surface area contributed by atoms with Crippen molar-refractivity contribution in [1.82, 2.24) is 20.1 Å².